The van der Waals surface area contributed by atoms with Crippen molar-refractivity contribution >= 4 is 34.8 Å². The molecule has 4 atom stereocenters. The molecule has 2 aromatic rings. The van der Waals surface area contributed by atoms with E-state index in [1.165, 1.54) is 16.2 Å². The molecule has 1 aromatic carbocycles. The monoisotopic (exact) mass is 367 g/mol. The molecule has 5 nitrogen and oxygen atoms in total. The molecule has 0 unspecified atom stereocenters. The number of amides is 2. The second-order valence-electron chi connectivity index (χ2n) is 7.23. The molecule has 2 amide bonds. The first kappa shape index (κ1) is 15.8. The third-order valence-electron chi connectivity index (χ3n) is 5.96. The smallest absolute Gasteiger partial charge is 0.353 e. The fourth-order valence-electron chi connectivity index (χ4n) is 4.92. The molecule has 132 valence electrons. The van der Waals surface area contributed by atoms with Gasteiger partial charge in [0.25, 0.3) is 0 Å². The number of benzene rings is 1. The van der Waals surface area contributed by atoms with E-state index in [0.29, 0.717) is 22.4 Å². The van der Waals surface area contributed by atoms with Gasteiger partial charge in [0, 0.05) is 0 Å². The van der Waals surface area contributed by atoms with Gasteiger partial charge in [-0.3, -0.25) is 9.59 Å². The van der Waals surface area contributed by atoms with Crippen molar-refractivity contribution in [2.24, 2.45) is 23.7 Å². The lowest BCUT2D eigenvalue weighted by Crippen LogP contribution is -2.33. The van der Waals surface area contributed by atoms with Gasteiger partial charge in [0.15, 0.2) is 5.75 Å². The molecule has 0 spiro atoms. The maximum atomic E-state index is 13.0. The van der Waals surface area contributed by atoms with Gasteiger partial charge in [-0.25, -0.2) is 9.69 Å². The highest BCUT2D eigenvalue weighted by Crippen LogP contribution is 2.57. The number of hydrogen-bond acceptors (Lipinski definition) is 5. The largest absolute Gasteiger partial charge is 0.420 e. The van der Waals surface area contributed by atoms with Crippen molar-refractivity contribution in [3.63, 3.8) is 0 Å². The van der Waals surface area contributed by atoms with Crippen molar-refractivity contribution in [3.05, 3.63) is 46.7 Å². The van der Waals surface area contributed by atoms with Crippen LogP contribution in [0.1, 0.15) is 28.9 Å². The molecule has 26 heavy (non-hydrogen) atoms. The number of thiophene rings is 1. The molecule has 2 aliphatic carbocycles. The van der Waals surface area contributed by atoms with Crippen molar-refractivity contribution in [1.82, 2.24) is 0 Å². The Hall–Kier alpha value is -2.47. The number of para-hydroxylation sites is 2. The van der Waals surface area contributed by atoms with Gasteiger partial charge in [0.1, 0.15) is 4.88 Å². The van der Waals surface area contributed by atoms with Crippen LogP contribution in [0.25, 0.3) is 0 Å². The molecule has 0 radical (unpaired) electrons. The molecule has 1 aromatic heterocycles. The molecule has 1 aliphatic heterocycles. The Kier molecular flexibility index (Phi) is 3.50. The highest BCUT2D eigenvalue weighted by molar-refractivity contribution is 7.12. The highest BCUT2D eigenvalue weighted by atomic mass is 32.1. The molecule has 6 heteroatoms. The van der Waals surface area contributed by atoms with E-state index in [-0.39, 0.29) is 29.4 Å². The lowest BCUT2D eigenvalue weighted by Gasteiger charge is -2.19. The van der Waals surface area contributed by atoms with Crippen molar-refractivity contribution in [3.8, 4) is 5.75 Å². The number of ether oxygens (including phenoxy) is 1. The molecule has 1 saturated heterocycles. The van der Waals surface area contributed by atoms with E-state index in [9.17, 15) is 14.4 Å². The Morgan fingerprint density at radius 1 is 1.00 bits per heavy atom. The van der Waals surface area contributed by atoms with Crippen LogP contribution in [0.2, 0.25) is 0 Å². The van der Waals surface area contributed by atoms with E-state index in [1.807, 2.05) is 0 Å². The van der Waals surface area contributed by atoms with Crippen molar-refractivity contribution in [2.75, 3.05) is 4.90 Å². The summed E-state index contributed by atoms with van der Waals surface area (Å²) in [5.41, 5.74) is 0.376. The molecule has 2 bridgehead atoms. The van der Waals surface area contributed by atoms with Crippen LogP contribution < -0.4 is 9.64 Å². The molecule has 3 fully saturated rings. The minimum absolute atomic E-state index is 0.133. The van der Waals surface area contributed by atoms with E-state index in [0.717, 1.165) is 19.3 Å². The second-order valence-corrected chi connectivity index (χ2v) is 8.18. The van der Waals surface area contributed by atoms with Gasteiger partial charge in [0.2, 0.25) is 11.8 Å². The summed E-state index contributed by atoms with van der Waals surface area (Å²) in [7, 11) is 0. The number of imide groups is 1. The SMILES string of the molecule is O=C(Oc1ccccc1N1C(=O)[C@H]2[C@@H]3CC[C@@H](C3)[C@@H]2C1=O)c1cccs1. The van der Waals surface area contributed by atoms with Crippen LogP contribution in [0.3, 0.4) is 0 Å². The third kappa shape index (κ3) is 2.18. The van der Waals surface area contributed by atoms with Crippen LogP contribution in [0, 0.1) is 23.7 Å². The molecule has 2 saturated carbocycles. The zero-order valence-electron chi connectivity index (χ0n) is 14.0. The van der Waals surface area contributed by atoms with E-state index in [1.54, 1.807) is 41.8 Å². The number of anilines is 1. The number of carbonyl (C=O) groups excluding carboxylic acids is 3. The second kappa shape index (κ2) is 5.77. The number of hydrogen-bond donors (Lipinski definition) is 0. The number of esters is 1. The minimum atomic E-state index is -0.480. The van der Waals surface area contributed by atoms with Crippen LogP contribution >= 0.6 is 11.3 Å². The standard InChI is InChI=1S/C20H17NO4S/c22-18-16-11-7-8-12(10-11)17(16)19(23)21(18)13-4-1-2-5-14(13)25-20(24)15-6-3-9-26-15/h1-6,9,11-12,16-17H,7-8,10H2/t11-,12+,16-,17-/m0/s1. The summed E-state index contributed by atoms with van der Waals surface area (Å²) in [5, 5.41) is 1.80. The quantitative estimate of drug-likeness (QED) is 0.473. The van der Waals surface area contributed by atoms with Gasteiger partial charge < -0.3 is 4.74 Å². The Bertz CT molecular complexity index is 878. The van der Waals surface area contributed by atoms with Gasteiger partial charge in [-0.1, -0.05) is 18.2 Å². The molecule has 5 rings (SSSR count). The first-order valence-corrected chi connectivity index (χ1v) is 9.75. The van der Waals surface area contributed by atoms with Crippen LogP contribution in [0.5, 0.6) is 5.75 Å². The van der Waals surface area contributed by atoms with Gasteiger partial charge in [-0.15, -0.1) is 11.3 Å². The summed E-state index contributed by atoms with van der Waals surface area (Å²) in [6.45, 7) is 0. The fraction of sp³-hybridized carbons (Fsp3) is 0.350. The maximum absolute atomic E-state index is 13.0. The average Bonchev–Trinajstić information content (AvgIpc) is 3.41. The van der Waals surface area contributed by atoms with E-state index < -0.39 is 5.97 Å². The lowest BCUT2D eigenvalue weighted by molar-refractivity contribution is -0.123. The van der Waals surface area contributed by atoms with Crippen LogP contribution in [0.4, 0.5) is 5.69 Å². The number of carbonyl (C=O) groups is 3. The zero-order valence-corrected chi connectivity index (χ0v) is 14.8. The number of rotatable bonds is 3. The van der Waals surface area contributed by atoms with Crippen molar-refractivity contribution < 1.29 is 19.1 Å². The number of fused-ring (bicyclic) bond motifs is 5. The van der Waals surface area contributed by atoms with Crippen LogP contribution in [-0.2, 0) is 9.59 Å². The van der Waals surface area contributed by atoms with Crippen LogP contribution in [-0.4, -0.2) is 17.8 Å². The topological polar surface area (TPSA) is 63.7 Å². The number of nitrogens with zero attached hydrogens (tertiary/aromatic N) is 1. The maximum Gasteiger partial charge on any atom is 0.353 e. The summed E-state index contributed by atoms with van der Waals surface area (Å²) in [6.07, 6.45) is 3.07. The normalized spacial score (nSPS) is 29.3. The summed E-state index contributed by atoms with van der Waals surface area (Å²) in [4.78, 5) is 40.1. The average molecular weight is 367 g/mol. The Labute approximate surface area is 154 Å². The van der Waals surface area contributed by atoms with Gasteiger partial charge in [-0.2, -0.15) is 0 Å². The Morgan fingerprint density at radius 3 is 2.35 bits per heavy atom. The minimum Gasteiger partial charge on any atom is -0.420 e. The first-order valence-electron chi connectivity index (χ1n) is 8.87. The van der Waals surface area contributed by atoms with Crippen LogP contribution in [0.15, 0.2) is 41.8 Å². The molecular weight excluding hydrogens is 350 g/mol. The van der Waals surface area contributed by atoms with Crippen molar-refractivity contribution in [1.29, 1.82) is 0 Å². The zero-order chi connectivity index (χ0) is 17.8. The summed E-state index contributed by atoms with van der Waals surface area (Å²) in [6, 6.07) is 10.2. The molecule has 3 aliphatic rings. The fourth-order valence-corrected chi connectivity index (χ4v) is 5.52. The molecule has 2 heterocycles. The molecular formula is C20H17NO4S. The van der Waals surface area contributed by atoms with E-state index in [2.05, 4.69) is 0 Å². The Balaban J connectivity index is 1.48. The van der Waals surface area contributed by atoms with E-state index in [4.69, 9.17) is 4.74 Å². The van der Waals surface area contributed by atoms with Gasteiger partial charge in [-0.05, 0) is 54.7 Å². The predicted molar refractivity (Wildman–Crippen MR) is 96.0 cm³/mol. The van der Waals surface area contributed by atoms with Gasteiger partial charge in [0.05, 0.1) is 17.5 Å². The van der Waals surface area contributed by atoms with Gasteiger partial charge >= 0.3 is 5.97 Å². The third-order valence-corrected chi connectivity index (χ3v) is 6.81. The summed E-state index contributed by atoms with van der Waals surface area (Å²) < 4.78 is 5.52. The lowest BCUT2D eigenvalue weighted by atomic mass is 9.81. The summed E-state index contributed by atoms with van der Waals surface area (Å²) in [5.74, 6) is -0.227. The van der Waals surface area contributed by atoms with E-state index >= 15 is 0 Å². The van der Waals surface area contributed by atoms with Crippen molar-refractivity contribution in [2.45, 2.75) is 19.3 Å². The highest BCUT2D eigenvalue weighted by Gasteiger charge is 2.61. The first-order chi connectivity index (χ1) is 12.6. The molecule has 0 N–H and O–H groups in total. The predicted octanol–water partition coefficient (Wildman–Crippen LogP) is 3.50. The summed E-state index contributed by atoms with van der Waals surface area (Å²) >= 11 is 1.29. The Morgan fingerprint density at radius 2 is 1.69 bits per heavy atom.